The first kappa shape index (κ1) is 14.9. The summed E-state index contributed by atoms with van der Waals surface area (Å²) in [5, 5.41) is 3.25. The zero-order valence-corrected chi connectivity index (χ0v) is 10.6. The SMILES string of the molecule is CCCCOCCC(COCCC)NC. The molecule has 3 heteroatoms. The van der Waals surface area contributed by atoms with E-state index in [1.807, 2.05) is 7.05 Å². The zero-order chi connectivity index (χ0) is 11.4. The second-order valence-electron chi connectivity index (χ2n) is 3.82. The fourth-order valence-corrected chi connectivity index (χ4v) is 1.25. The highest BCUT2D eigenvalue weighted by Gasteiger charge is 2.05. The van der Waals surface area contributed by atoms with Crippen molar-refractivity contribution < 1.29 is 9.47 Å². The molecule has 0 aromatic heterocycles. The van der Waals surface area contributed by atoms with E-state index in [1.54, 1.807) is 0 Å². The summed E-state index contributed by atoms with van der Waals surface area (Å²) < 4.78 is 11.0. The summed E-state index contributed by atoms with van der Waals surface area (Å²) in [6.07, 6.45) is 4.49. The maximum atomic E-state index is 5.52. The fourth-order valence-electron chi connectivity index (χ4n) is 1.25. The van der Waals surface area contributed by atoms with Crippen LogP contribution in [-0.2, 0) is 9.47 Å². The van der Waals surface area contributed by atoms with Gasteiger partial charge in [-0.3, -0.25) is 0 Å². The van der Waals surface area contributed by atoms with Crippen molar-refractivity contribution in [3.8, 4) is 0 Å². The van der Waals surface area contributed by atoms with Crippen LogP contribution < -0.4 is 5.32 Å². The van der Waals surface area contributed by atoms with E-state index in [1.165, 1.54) is 6.42 Å². The van der Waals surface area contributed by atoms with Crippen LogP contribution in [0.5, 0.6) is 0 Å². The highest BCUT2D eigenvalue weighted by Crippen LogP contribution is 1.96. The molecule has 0 heterocycles. The lowest BCUT2D eigenvalue weighted by Crippen LogP contribution is -2.31. The van der Waals surface area contributed by atoms with Gasteiger partial charge in [0.1, 0.15) is 0 Å². The van der Waals surface area contributed by atoms with E-state index in [0.717, 1.165) is 45.7 Å². The van der Waals surface area contributed by atoms with Gasteiger partial charge in [0.05, 0.1) is 6.61 Å². The van der Waals surface area contributed by atoms with Crippen molar-refractivity contribution in [1.82, 2.24) is 5.32 Å². The Hall–Kier alpha value is -0.120. The minimum absolute atomic E-state index is 0.429. The second-order valence-corrected chi connectivity index (χ2v) is 3.82. The molecule has 1 atom stereocenters. The zero-order valence-electron chi connectivity index (χ0n) is 10.6. The van der Waals surface area contributed by atoms with Crippen molar-refractivity contribution >= 4 is 0 Å². The summed E-state index contributed by atoms with van der Waals surface area (Å²) in [5.74, 6) is 0. The smallest absolute Gasteiger partial charge is 0.0620 e. The third-order valence-corrected chi connectivity index (χ3v) is 2.33. The van der Waals surface area contributed by atoms with Crippen LogP contribution in [0.3, 0.4) is 0 Å². The Morgan fingerprint density at radius 1 is 1.00 bits per heavy atom. The van der Waals surface area contributed by atoms with Gasteiger partial charge in [0.25, 0.3) is 0 Å². The Labute approximate surface area is 94.5 Å². The number of nitrogens with one attached hydrogen (secondary N) is 1. The van der Waals surface area contributed by atoms with Gasteiger partial charge >= 0.3 is 0 Å². The average Bonchev–Trinajstić information content (AvgIpc) is 2.26. The number of rotatable bonds is 11. The first-order valence-corrected chi connectivity index (χ1v) is 6.17. The van der Waals surface area contributed by atoms with Gasteiger partial charge in [-0.05, 0) is 26.3 Å². The summed E-state index contributed by atoms with van der Waals surface area (Å²) in [4.78, 5) is 0. The normalized spacial score (nSPS) is 13.0. The molecule has 0 saturated carbocycles. The Morgan fingerprint density at radius 3 is 2.40 bits per heavy atom. The number of unbranched alkanes of at least 4 members (excludes halogenated alkanes) is 1. The Balaban J connectivity index is 3.28. The van der Waals surface area contributed by atoms with E-state index in [2.05, 4.69) is 19.2 Å². The monoisotopic (exact) mass is 217 g/mol. The standard InChI is InChI=1S/C12H27NO2/c1-4-6-9-14-10-7-12(13-3)11-15-8-5-2/h12-13H,4-11H2,1-3H3. The molecule has 0 aromatic rings. The predicted octanol–water partition coefficient (Wildman–Crippen LogP) is 2.21. The predicted molar refractivity (Wildman–Crippen MR) is 64.3 cm³/mol. The van der Waals surface area contributed by atoms with E-state index < -0.39 is 0 Å². The molecule has 92 valence electrons. The quantitative estimate of drug-likeness (QED) is 0.538. The Bertz CT molecular complexity index is 120. The topological polar surface area (TPSA) is 30.5 Å². The van der Waals surface area contributed by atoms with Gasteiger partial charge in [0.2, 0.25) is 0 Å². The summed E-state index contributed by atoms with van der Waals surface area (Å²) in [6.45, 7) is 7.68. The van der Waals surface area contributed by atoms with Crippen LogP contribution >= 0.6 is 0 Å². The first-order chi connectivity index (χ1) is 7.35. The third-order valence-electron chi connectivity index (χ3n) is 2.33. The Kier molecular flexibility index (Phi) is 11.9. The molecule has 0 amide bonds. The molecule has 1 N–H and O–H groups in total. The maximum absolute atomic E-state index is 5.52. The van der Waals surface area contributed by atoms with Crippen LogP contribution in [-0.4, -0.2) is 39.5 Å². The number of hydrogen-bond acceptors (Lipinski definition) is 3. The van der Waals surface area contributed by atoms with Crippen LogP contribution in [0, 0.1) is 0 Å². The van der Waals surface area contributed by atoms with E-state index in [4.69, 9.17) is 9.47 Å². The molecular weight excluding hydrogens is 190 g/mol. The van der Waals surface area contributed by atoms with E-state index in [0.29, 0.717) is 6.04 Å². The molecule has 3 nitrogen and oxygen atoms in total. The van der Waals surface area contributed by atoms with Crippen LogP contribution in [0.1, 0.15) is 39.5 Å². The van der Waals surface area contributed by atoms with Crippen molar-refractivity contribution in [1.29, 1.82) is 0 Å². The summed E-state index contributed by atoms with van der Waals surface area (Å²) in [7, 11) is 1.98. The highest BCUT2D eigenvalue weighted by molar-refractivity contribution is 4.62. The molecule has 0 spiro atoms. The van der Waals surface area contributed by atoms with Gasteiger partial charge in [0.15, 0.2) is 0 Å². The van der Waals surface area contributed by atoms with Gasteiger partial charge in [-0.15, -0.1) is 0 Å². The molecule has 0 aliphatic heterocycles. The fraction of sp³-hybridized carbons (Fsp3) is 1.00. The van der Waals surface area contributed by atoms with Gasteiger partial charge in [-0.1, -0.05) is 20.3 Å². The molecule has 0 bridgehead atoms. The molecule has 15 heavy (non-hydrogen) atoms. The Morgan fingerprint density at radius 2 is 1.80 bits per heavy atom. The van der Waals surface area contributed by atoms with Crippen molar-refractivity contribution in [2.45, 2.75) is 45.6 Å². The maximum Gasteiger partial charge on any atom is 0.0620 e. The third kappa shape index (κ3) is 10.2. The molecule has 1 unspecified atom stereocenters. The van der Waals surface area contributed by atoms with E-state index in [-0.39, 0.29) is 0 Å². The highest BCUT2D eigenvalue weighted by atomic mass is 16.5. The van der Waals surface area contributed by atoms with Gasteiger partial charge in [0, 0.05) is 25.9 Å². The summed E-state index contributed by atoms with van der Waals surface area (Å²) in [6, 6.07) is 0.429. The van der Waals surface area contributed by atoms with Crippen LogP contribution in [0.4, 0.5) is 0 Å². The molecule has 0 radical (unpaired) electrons. The number of ether oxygens (including phenoxy) is 2. The molecule has 0 fully saturated rings. The van der Waals surface area contributed by atoms with Gasteiger partial charge in [-0.2, -0.15) is 0 Å². The lowest BCUT2D eigenvalue weighted by atomic mass is 10.2. The lowest BCUT2D eigenvalue weighted by Gasteiger charge is -2.16. The summed E-state index contributed by atoms with van der Waals surface area (Å²) >= 11 is 0. The number of likely N-dealkylation sites (N-methyl/N-ethyl adjacent to an activating group) is 1. The molecular formula is C12H27NO2. The minimum atomic E-state index is 0.429. The van der Waals surface area contributed by atoms with Crippen molar-refractivity contribution in [3.05, 3.63) is 0 Å². The molecule has 0 rings (SSSR count). The largest absolute Gasteiger partial charge is 0.381 e. The molecule has 0 saturated heterocycles. The van der Waals surface area contributed by atoms with E-state index in [9.17, 15) is 0 Å². The summed E-state index contributed by atoms with van der Waals surface area (Å²) in [5.41, 5.74) is 0. The second kappa shape index (κ2) is 12.0. The van der Waals surface area contributed by atoms with Gasteiger partial charge in [-0.25, -0.2) is 0 Å². The average molecular weight is 217 g/mol. The van der Waals surface area contributed by atoms with Crippen molar-refractivity contribution in [2.24, 2.45) is 0 Å². The van der Waals surface area contributed by atoms with Crippen LogP contribution in [0.15, 0.2) is 0 Å². The van der Waals surface area contributed by atoms with Crippen molar-refractivity contribution in [2.75, 3.05) is 33.5 Å². The minimum Gasteiger partial charge on any atom is -0.381 e. The van der Waals surface area contributed by atoms with Crippen LogP contribution in [0.25, 0.3) is 0 Å². The molecule has 0 aliphatic rings. The molecule has 0 aliphatic carbocycles. The van der Waals surface area contributed by atoms with Gasteiger partial charge < -0.3 is 14.8 Å². The molecule has 0 aromatic carbocycles. The van der Waals surface area contributed by atoms with Crippen LogP contribution in [0.2, 0.25) is 0 Å². The van der Waals surface area contributed by atoms with Crippen molar-refractivity contribution in [3.63, 3.8) is 0 Å². The van der Waals surface area contributed by atoms with E-state index >= 15 is 0 Å². The number of hydrogen-bond donors (Lipinski definition) is 1. The first-order valence-electron chi connectivity index (χ1n) is 6.17. The lowest BCUT2D eigenvalue weighted by molar-refractivity contribution is 0.0840.